The molecule has 1 heterocycles. The number of nitrogens with zero attached hydrogens (tertiary/aromatic N) is 1. The minimum atomic E-state index is -0.425. The molecule has 1 aliphatic rings. The molecule has 21 heavy (non-hydrogen) atoms. The Morgan fingerprint density at radius 2 is 2.05 bits per heavy atom. The lowest BCUT2D eigenvalue weighted by Crippen LogP contribution is -2.43. The lowest BCUT2D eigenvalue weighted by molar-refractivity contribution is 0.0435. The minimum absolute atomic E-state index is 0.368. The summed E-state index contributed by atoms with van der Waals surface area (Å²) in [7, 11) is 0. The van der Waals surface area contributed by atoms with Crippen LogP contribution in [0.15, 0.2) is 24.3 Å². The smallest absolute Gasteiger partial charge is 0.122 e. The van der Waals surface area contributed by atoms with Crippen LogP contribution < -0.4 is 4.74 Å². The van der Waals surface area contributed by atoms with Gasteiger partial charge in [-0.15, -0.1) is 0 Å². The number of ether oxygens (including phenoxy) is 1. The normalized spacial score (nSPS) is 21.5. The fourth-order valence-electron chi connectivity index (χ4n) is 3.03. The van der Waals surface area contributed by atoms with Gasteiger partial charge in [0.25, 0.3) is 0 Å². The van der Waals surface area contributed by atoms with Gasteiger partial charge in [0.2, 0.25) is 0 Å². The van der Waals surface area contributed by atoms with Crippen molar-refractivity contribution in [3.05, 3.63) is 29.8 Å². The summed E-state index contributed by atoms with van der Waals surface area (Å²) in [5, 5.41) is 10.2. The van der Waals surface area contributed by atoms with Crippen LogP contribution in [0, 0.1) is 0 Å². The third-order valence-corrected chi connectivity index (χ3v) is 4.36. The van der Waals surface area contributed by atoms with Crippen LogP contribution in [0.4, 0.5) is 0 Å². The van der Waals surface area contributed by atoms with E-state index in [1.165, 1.54) is 24.8 Å². The molecule has 0 spiro atoms. The molecular weight excluding hydrogens is 262 g/mol. The minimum Gasteiger partial charge on any atom is -0.491 e. The van der Waals surface area contributed by atoms with E-state index >= 15 is 0 Å². The Bertz CT molecular complexity index is 433. The first kappa shape index (κ1) is 16.3. The van der Waals surface area contributed by atoms with Crippen molar-refractivity contribution in [2.75, 3.05) is 19.7 Å². The molecule has 1 N–H and O–H groups in total. The molecule has 2 atom stereocenters. The number of piperidine rings is 1. The Balaban J connectivity index is 1.85. The van der Waals surface area contributed by atoms with Gasteiger partial charge in [0.15, 0.2) is 0 Å². The summed E-state index contributed by atoms with van der Waals surface area (Å²) in [6.45, 7) is 8.75. The Hall–Kier alpha value is -1.06. The highest BCUT2D eigenvalue weighted by Crippen LogP contribution is 2.26. The average molecular weight is 291 g/mol. The molecule has 0 saturated carbocycles. The second-order valence-corrected chi connectivity index (χ2v) is 6.50. The van der Waals surface area contributed by atoms with Crippen LogP contribution in [0.5, 0.6) is 5.75 Å². The number of hydrogen-bond donors (Lipinski definition) is 1. The van der Waals surface area contributed by atoms with Crippen molar-refractivity contribution in [2.24, 2.45) is 0 Å². The third kappa shape index (κ3) is 4.72. The highest BCUT2D eigenvalue weighted by atomic mass is 16.5. The molecule has 0 radical (unpaired) electrons. The average Bonchev–Trinajstić information content (AvgIpc) is 2.48. The zero-order chi connectivity index (χ0) is 15.2. The maximum absolute atomic E-state index is 10.2. The Kier molecular flexibility index (Phi) is 6.07. The Morgan fingerprint density at radius 1 is 1.29 bits per heavy atom. The number of rotatable bonds is 6. The van der Waals surface area contributed by atoms with Gasteiger partial charge in [-0.2, -0.15) is 0 Å². The second-order valence-electron chi connectivity index (χ2n) is 6.50. The second kappa shape index (κ2) is 7.81. The molecule has 0 amide bonds. The molecule has 1 fully saturated rings. The maximum Gasteiger partial charge on any atom is 0.122 e. The number of para-hydroxylation sites is 1. The van der Waals surface area contributed by atoms with Gasteiger partial charge in [-0.25, -0.2) is 0 Å². The van der Waals surface area contributed by atoms with Crippen LogP contribution in [-0.2, 0) is 0 Å². The first-order chi connectivity index (χ1) is 10.1. The van der Waals surface area contributed by atoms with Crippen molar-refractivity contribution < 1.29 is 9.84 Å². The van der Waals surface area contributed by atoms with Crippen LogP contribution in [0.2, 0.25) is 0 Å². The van der Waals surface area contributed by atoms with Gasteiger partial charge in [-0.3, -0.25) is 4.90 Å². The predicted octanol–water partition coefficient (Wildman–Crippen LogP) is 3.42. The molecule has 0 bridgehead atoms. The first-order valence-electron chi connectivity index (χ1n) is 8.21. The molecule has 1 saturated heterocycles. The summed E-state index contributed by atoms with van der Waals surface area (Å²) >= 11 is 0. The topological polar surface area (TPSA) is 32.7 Å². The number of benzene rings is 1. The number of aliphatic hydroxyl groups excluding tert-OH is 1. The van der Waals surface area contributed by atoms with E-state index in [0.717, 1.165) is 12.3 Å². The van der Waals surface area contributed by atoms with Gasteiger partial charge in [0.05, 0.1) is 0 Å². The molecule has 1 aromatic carbocycles. The first-order valence-corrected chi connectivity index (χ1v) is 8.21. The van der Waals surface area contributed by atoms with Crippen LogP contribution >= 0.6 is 0 Å². The summed E-state index contributed by atoms with van der Waals surface area (Å²) in [5.41, 5.74) is 1.20. The summed E-state index contributed by atoms with van der Waals surface area (Å²) < 4.78 is 5.86. The zero-order valence-corrected chi connectivity index (χ0v) is 13.6. The van der Waals surface area contributed by atoms with Crippen molar-refractivity contribution >= 4 is 0 Å². The van der Waals surface area contributed by atoms with Gasteiger partial charge in [-0.05, 0) is 43.9 Å². The SMILES string of the molecule is CC(C)c1ccccc1OCC(O)CN1CCCCC1C. The van der Waals surface area contributed by atoms with Crippen molar-refractivity contribution in [2.45, 2.75) is 58.1 Å². The molecule has 2 rings (SSSR count). The molecule has 0 aromatic heterocycles. The van der Waals surface area contributed by atoms with Gasteiger partial charge < -0.3 is 9.84 Å². The van der Waals surface area contributed by atoms with Crippen molar-refractivity contribution in [1.29, 1.82) is 0 Å². The quantitative estimate of drug-likeness (QED) is 0.871. The van der Waals surface area contributed by atoms with E-state index in [9.17, 15) is 5.11 Å². The van der Waals surface area contributed by atoms with E-state index in [1.54, 1.807) is 0 Å². The lowest BCUT2D eigenvalue weighted by Gasteiger charge is -2.34. The molecular formula is C18H29NO2. The Morgan fingerprint density at radius 3 is 2.76 bits per heavy atom. The highest BCUT2D eigenvalue weighted by molar-refractivity contribution is 5.35. The molecule has 1 aliphatic heterocycles. The van der Waals surface area contributed by atoms with E-state index in [-0.39, 0.29) is 0 Å². The highest BCUT2D eigenvalue weighted by Gasteiger charge is 2.21. The zero-order valence-electron chi connectivity index (χ0n) is 13.6. The molecule has 1 aromatic rings. The van der Waals surface area contributed by atoms with Gasteiger partial charge in [0.1, 0.15) is 18.5 Å². The van der Waals surface area contributed by atoms with Crippen LogP contribution in [0.1, 0.15) is 51.5 Å². The van der Waals surface area contributed by atoms with E-state index in [4.69, 9.17) is 4.74 Å². The van der Waals surface area contributed by atoms with E-state index < -0.39 is 6.10 Å². The lowest BCUT2D eigenvalue weighted by atomic mass is 10.0. The number of hydrogen-bond acceptors (Lipinski definition) is 3. The van der Waals surface area contributed by atoms with E-state index in [0.29, 0.717) is 25.1 Å². The van der Waals surface area contributed by atoms with Crippen LogP contribution in [-0.4, -0.2) is 41.8 Å². The van der Waals surface area contributed by atoms with Crippen molar-refractivity contribution in [3.63, 3.8) is 0 Å². The fourth-order valence-corrected chi connectivity index (χ4v) is 3.03. The van der Waals surface area contributed by atoms with Gasteiger partial charge >= 0.3 is 0 Å². The van der Waals surface area contributed by atoms with Crippen LogP contribution in [0.25, 0.3) is 0 Å². The number of aliphatic hydroxyl groups is 1. The largest absolute Gasteiger partial charge is 0.491 e. The summed E-state index contributed by atoms with van der Waals surface area (Å²) in [5.74, 6) is 1.33. The third-order valence-electron chi connectivity index (χ3n) is 4.36. The van der Waals surface area contributed by atoms with Crippen LogP contribution in [0.3, 0.4) is 0 Å². The summed E-state index contributed by atoms with van der Waals surface area (Å²) in [6.07, 6.45) is 3.37. The maximum atomic E-state index is 10.2. The van der Waals surface area contributed by atoms with Crippen molar-refractivity contribution in [1.82, 2.24) is 4.90 Å². The molecule has 0 aliphatic carbocycles. The summed E-state index contributed by atoms with van der Waals surface area (Å²) in [6, 6.07) is 8.69. The summed E-state index contributed by atoms with van der Waals surface area (Å²) in [4.78, 5) is 2.38. The predicted molar refractivity (Wildman–Crippen MR) is 86.9 cm³/mol. The van der Waals surface area contributed by atoms with Gasteiger partial charge in [0, 0.05) is 12.6 Å². The molecule has 3 heteroatoms. The fraction of sp³-hybridized carbons (Fsp3) is 0.667. The van der Waals surface area contributed by atoms with E-state index in [1.807, 2.05) is 18.2 Å². The monoisotopic (exact) mass is 291 g/mol. The number of likely N-dealkylation sites (tertiary alicyclic amines) is 1. The standard InChI is InChI=1S/C18H29NO2/c1-14(2)17-9-4-5-10-18(17)21-13-16(20)12-19-11-7-6-8-15(19)3/h4-5,9-10,14-16,20H,6-8,11-13H2,1-3H3. The van der Waals surface area contributed by atoms with Crippen molar-refractivity contribution in [3.8, 4) is 5.75 Å². The molecule has 2 unspecified atom stereocenters. The van der Waals surface area contributed by atoms with E-state index in [2.05, 4.69) is 31.7 Å². The molecule has 3 nitrogen and oxygen atoms in total. The molecule has 118 valence electrons. The Labute approximate surface area is 128 Å². The number of β-amino-alcohol motifs (C(OH)–C–C–N with tert-alkyl or cyclic N) is 1. The van der Waals surface area contributed by atoms with Gasteiger partial charge in [-0.1, -0.05) is 38.5 Å².